The lowest BCUT2D eigenvalue weighted by Gasteiger charge is -2.25. The number of hydrogen-bond acceptors (Lipinski definition) is 9. The van der Waals surface area contributed by atoms with Crippen molar-refractivity contribution < 1.29 is 28.5 Å². The number of aromatic nitrogens is 1. The van der Waals surface area contributed by atoms with Gasteiger partial charge in [0, 0.05) is 0 Å². The maximum Gasteiger partial charge on any atom is 0.338 e. The first-order valence-electron chi connectivity index (χ1n) is 12.7. The summed E-state index contributed by atoms with van der Waals surface area (Å²) in [6, 6.07) is 7.82. The summed E-state index contributed by atoms with van der Waals surface area (Å²) in [5, 5.41) is 0.286. The molecule has 3 aromatic rings. The SMILES string of the molecule is C#CCOc1c(Cl)cc(/C=c2\sc3n(c2=O)C(c2ccc(OC)c(OC)c2)C(C(=O)OCC)=C(C)N=3)cc1OCC. The predicted octanol–water partition coefficient (Wildman–Crippen LogP) is 3.88. The van der Waals surface area contributed by atoms with E-state index >= 15 is 0 Å². The minimum atomic E-state index is -0.811. The average Bonchev–Trinajstić information content (AvgIpc) is 3.25. The van der Waals surface area contributed by atoms with Gasteiger partial charge in [-0.3, -0.25) is 9.36 Å². The van der Waals surface area contributed by atoms with E-state index in [1.165, 1.54) is 30.1 Å². The normalized spacial score (nSPS) is 14.6. The first kappa shape index (κ1) is 29.8. The van der Waals surface area contributed by atoms with Crippen LogP contribution in [0.3, 0.4) is 0 Å². The van der Waals surface area contributed by atoms with Crippen LogP contribution in [0.1, 0.15) is 37.9 Å². The number of methoxy groups -OCH3 is 2. The molecule has 11 heteroatoms. The zero-order chi connectivity index (χ0) is 29.7. The summed E-state index contributed by atoms with van der Waals surface area (Å²) in [5.41, 5.74) is 1.61. The van der Waals surface area contributed by atoms with Crippen molar-refractivity contribution in [3.63, 3.8) is 0 Å². The minimum Gasteiger partial charge on any atom is -0.493 e. The molecular weight excluding hydrogens is 568 g/mol. The van der Waals surface area contributed by atoms with E-state index in [4.69, 9.17) is 41.7 Å². The van der Waals surface area contributed by atoms with Gasteiger partial charge in [0.25, 0.3) is 5.56 Å². The van der Waals surface area contributed by atoms with E-state index in [1.807, 2.05) is 6.92 Å². The quantitative estimate of drug-likeness (QED) is 0.259. The van der Waals surface area contributed by atoms with Gasteiger partial charge >= 0.3 is 5.97 Å². The van der Waals surface area contributed by atoms with Gasteiger partial charge in [0.2, 0.25) is 0 Å². The van der Waals surface area contributed by atoms with Gasteiger partial charge in [0.1, 0.15) is 6.61 Å². The van der Waals surface area contributed by atoms with Crippen LogP contribution in [0.4, 0.5) is 0 Å². The van der Waals surface area contributed by atoms with Crippen molar-refractivity contribution in [2.75, 3.05) is 34.0 Å². The summed E-state index contributed by atoms with van der Waals surface area (Å²) < 4.78 is 29.4. The van der Waals surface area contributed by atoms with E-state index in [-0.39, 0.29) is 29.4 Å². The summed E-state index contributed by atoms with van der Waals surface area (Å²) in [4.78, 5) is 32.2. The van der Waals surface area contributed by atoms with Crippen LogP contribution in [-0.4, -0.2) is 44.6 Å². The van der Waals surface area contributed by atoms with Crippen molar-refractivity contribution in [2.45, 2.75) is 26.8 Å². The van der Waals surface area contributed by atoms with Crippen molar-refractivity contribution >= 4 is 35.0 Å². The standard InChI is InChI=1S/C30H29ClN2O7S/c1-7-12-40-27-20(31)13-18(14-23(27)38-8-2)15-24-28(34)33-26(19-10-11-21(36-5)22(16-19)37-6)25(29(35)39-9-3)17(4)32-30(33)41-24/h1,10-11,13-16,26H,8-9,12H2,2-6H3/b24-15-. The Kier molecular flexibility index (Phi) is 9.42. The fraction of sp³-hybridized carbons (Fsp3) is 0.300. The monoisotopic (exact) mass is 596 g/mol. The van der Waals surface area contributed by atoms with Gasteiger partial charge in [0.15, 0.2) is 27.8 Å². The van der Waals surface area contributed by atoms with Crippen LogP contribution in [0, 0.1) is 12.3 Å². The number of hydrogen-bond donors (Lipinski definition) is 0. The first-order chi connectivity index (χ1) is 19.8. The van der Waals surface area contributed by atoms with E-state index in [1.54, 1.807) is 50.3 Å². The summed E-state index contributed by atoms with van der Waals surface area (Å²) in [5.74, 6) is 3.55. The zero-order valence-electron chi connectivity index (χ0n) is 23.3. The molecule has 1 atom stereocenters. The molecule has 0 amide bonds. The van der Waals surface area contributed by atoms with E-state index in [0.717, 1.165) is 0 Å². The molecule has 41 heavy (non-hydrogen) atoms. The molecule has 2 aromatic carbocycles. The van der Waals surface area contributed by atoms with Gasteiger partial charge in [-0.05, 0) is 62.2 Å². The molecule has 0 saturated heterocycles. The Morgan fingerprint density at radius 2 is 1.88 bits per heavy atom. The Hall–Kier alpha value is -4.20. The summed E-state index contributed by atoms with van der Waals surface area (Å²) >= 11 is 7.69. The summed E-state index contributed by atoms with van der Waals surface area (Å²) in [6.07, 6.45) is 7.02. The van der Waals surface area contributed by atoms with E-state index in [2.05, 4.69) is 10.9 Å². The molecule has 9 nitrogen and oxygen atoms in total. The Morgan fingerprint density at radius 1 is 1.12 bits per heavy atom. The van der Waals surface area contributed by atoms with Crippen molar-refractivity contribution in [3.8, 4) is 35.3 Å². The van der Waals surface area contributed by atoms with Crippen molar-refractivity contribution in [1.82, 2.24) is 4.57 Å². The van der Waals surface area contributed by atoms with Crippen LogP contribution in [0.25, 0.3) is 6.08 Å². The van der Waals surface area contributed by atoms with E-state index in [0.29, 0.717) is 55.8 Å². The highest BCUT2D eigenvalue weighted by molar-refractivity contribution is 7.07. The molecule has 1 aliphatic rings. The summed E-state index contributed by atoms with van der Waals surface area (Å²) in [6.45, 7) is 5.84. The maximum absolute atomic E-state index is 14.0. The van der Waals surface area contributed by atoms with Crippen molar-refractivity contribution in [1.29, 1.82) is 0 Å². The fourth-order valence-electron chi connectivity index (χ4n) is 4.47. The third kappa shape index (κ3) is 5.97. The van der Waals surface area contributed by atoms with Crippen molar-refractivity contribution in [3.05, 3.63) is 77.4 Å². The highest BCUT2D eigenvalue weighted by Gasteiger charge is 2.34. The molecule has 2 heterocycles. The molecule has 0 N–H and O–H groups in total. The molecule has 0 aliphatic carbocycles. The zero-order valence-corrected chi connectivity index (χ0v) is 24.9. The minimum absolute atomic E-state index is 0.0238. The second kappa shape index (κ2) is 13.0. The molecular formula is C30H29ClN2O7S. The Labute approximate surface area is 246 Å². The number of allylic oxidation sites excluding steroid dienone is 1. The smallest absolute Gasteiger partial charge is 0.338 e. The number of esters is 1. The third-order valence-electron chi connectivity index (χ3n) is 6.17. The second-order valence-electron chi connectivity index (χ2n) is 8.67. The van der Waals surface area contributed by atoms with E-state index in [9.17, 15) is 9.59 Å². The highest BCUT2D eigenvalue weighted by Crippen LogP contribution is 2.38. The summed E-state index contributed by atoms with van der Waals surface area (Å²) in [7, 11) is 3.05. The number of thiazole rings is 1. The molecule has 0 bridgehead atoms. The lowest BCUT2D eigenvalue weighted by Crippen LogP contribution is -2.40. The molecule has 1 aliphatic heterocycles. The molecule has 1 aromatic heterocycles. The molecule has 0 spiro atoms. The Balaban J connectivity index is 1.93. The number of carbonyl (C=O) groups excluding carboxylic acids is 1. The molecule has 0 fully saturated rings. The van der Waals surface area contributed by atoms with Gasteiger partial charge in [-0.1, -0.05) is 34.9 Å². The maximum atomic E-state index is 14.0. The molecule has 0 saturated carbocycles. The number of terminal acetylenes is 1. The van der Waals surface area contributed by atoms with Crippen LogP contribution in [0.15, 0.2) is 51.4 Å². The first-order valence-corrected chi connectivity index (χ1v) is 13.9. The van der Waals surface area contributed by atoms with Crippen LogP contribution in [0.5, 0.6) is 23.0 Å². The molecule has 214 valence electrons. The number of benzene rings is 2. The number of carbonyl (C=O) groups is 1. The second-order valence-corrected chi connectivity index (χ2v) is 10.1. The van der Waals surface area contributed by atoms with Crippen LogP contribution in [-0.2, 0) is 9.53 Å². The fourth-order valence-corrected chi connectivity index (χ4v) is 5.79. The van der Waals surface area contributed by atoms with Crippen molar-refractivity contribution in [2.24, 2.45) is 4.99 Å². The van der Waals surface area contributed by atoms with Crippen LogP contribution in [0.2, 0.25) is 5.02 Å². The van der Waals surface area contributed by atoms with Gasteiger partial charge in [0.05, 0.1) is 54.3 Å². The lowest BCUT2D eigenvalue weighted by molar-refractivity contribution is -0.139. The van der Waals surface area contributed by atoms with Crippen LogP contribution >= 0.6 is 22.9 Å². The van der Waals surface area contributed by atoms with Gasteiger partial charge in [-0.25, -0.2) is 9.79 Å². The number of nitrogens with zero attached hydrogens (tertiary/aromatic N) is 2. The number of halogens is 1. The number of rotatable bonds is 10. The average molecular weight is 597 g/mol. The Morgan fingerprint density at radius 3 is 2.54 bits per heavy atom. The topological polar surface area (TPSA) is 97.6 Å². The van der Waals surface area contributed by atoms with Crippen LogP contribution < -0.4 is 33.8 Å². The molecule has 1 unspecified atom stereocenters. The molecule has 4 rings (SSSR count). The molecule has 0 radical (unpaired) electrons. The predicted molar refractivity (Wildman–Crippen MR) is 157 cm³/mol. The lowest BCUT2D eigenvalue weighted by atomic mass is 9.95. The Bertz CT molecular complexity index is 1730. The highest BCUT2D eigenvalue weighted by atomic mass is 35.5. The van der Waals surface area contributed by atoms with Gasteiger partial charge in [-0.2, -0.15) is 0 Å². The van der Waals surface area contributed by atoms with Gasteiger partial charge < -0.3 is 23.7 Å². The van der Waals surface area contributed by atoms with Gasteiger partial charge in [-0.15, -0.1) is 6.42 Å². The number of fused-ring (bicyclic) bond motifs is 1. The number of ether oxygens (including phenoxy) is 5. The largest absolute Gasteiger partial charge is 0.493 e. The third-order valence-corrected chi connectivity index (χ3v) is 7.43. The van der Waals surface area contributed by atoms with E-state index < -0.39 is 12.0 Å².